The third-order valence-electron chi connectivity index (χ3n) is 4.20. The van der Waals surface area contributed by atoms with Crippen molar-refractivity contribution in [1.82, 2.24) is 9.55 Å². The van der Waals surface area contributed by atoms with Crippen LogP contribution in [0, 0.1) is 0 Å². The van der Waals surface area contributed by atoms with Gasteiger partial charge in [0.15, 0.2) is 0 Å². The summed E-state index contributed by atoms with van der Waals surface area (Å²) < 4.78 is 2.18. The maximum Gasteiger partial charge on any atom is 0.248 e. The number of carbonyl (C=O) groups is 1. The summed E-state index contributed by atoms with van der Waals surface area (Å²) in [4.78, 5) is 15.6. The molecule has 1 aliphatic carbocycles. The fourth-order valence-corrected chi connectivity index (χ4v) is 2.93. The van der Waals surface area contributed by atoms with Crippen molar-refractivity contribution in [3.63, 3.8) is 0 Å². The summed E-state index contributed by atoms with van der Waals surface area (Å²) in [5.41, 5.74) is 8.37. The highest BCUT2D eigenvalue weighted by Gasteiger charge is 2.09. The summed E-state index contributed by atoms with van der Waals surface area (Å²) >= 11 is 0. The van der Waals surface area contributed by atoms with E-state index in [0.717, 1.165) is 24.4 Å². The van der Waals surface area contributed by atoms with Gasteiger partial charge in [-0.1, -0.05) is 23.8 Å². The van der Waals surface area contributed by atoms with Crippen LogP contribution in [0.1, 0.15) is 42.5 Å². The van der Waals surface area contributed by atoms with E-state index in [1.165, 1.54) is 25.7 Å². The van der Waals surface area contributed by atoms with Gasteiger partial charge in [0.05, 0.1) is 0 Å². The molecule has 1 heterocycles. The molecule has 22 heavy (non-hydrogen) atoms. The molecule has 0 spiro atoms. The minimum Gasteiger partial charge on any atom is -0.366 e. The molecule has 4 nitrogen and oxygen atoms in total. The van der Waals surface area contributed by atoms with Crippen LogP contribution in [0.2, 0.25) is 0 Å². The number of imidazole rings is 1. The van der Waals surface area contributed by atoms with Crippen molar-refractivity contribution < 1.29 is 4.79 Å². The average molecular weight is 295 g/mol. The number of nitrogens with two attached hydrogens (primary N) is 1. The van der Waals surface area contributed by atoms with Gasteiger partial charge < -0.3 is 10.3 Å². The van der Waals surface area contributed by atoms with E-state index in [-0.39, 0.29) is 0 Å². The molecule has 1 aromatic carbocycles. The van der Waals surface area contributed by atoms with E-state index in [2.05, 4.69) is 15.6 Å². The van der Waals surface area contributed by atoms with Crippen molar-refractivity contribution in [2.75, 3.05) is 0 Å². The van der Waals surface area contributed by atoms with Gasteiger partial charge in [0.25, 0.3) is 0 Å². The van der Waals surface area contributed by atoms with Crippen LogP contribution in [0.25, 0.3) is 11.4 Å². The topological polar surface area (TPSA) is 60.9 Å². The standard InChI is InChI=1S/C18H21N3O/c19-17(22)15-6-8-16(9-7-15)18-20-11-13-21(18)12-10-14-4-2-1-3-5-14/h4,6-9,11,13H,1-3,5,10,12H2,(H2,19,22). The minimum absolute atomic E-state index is 0.404. The lowest BCUT2D eigenvalue weighted by atomic mass is 9.97. The smallest absolute Gasteiger partial charge is 0.248 e. The molecule has 0 aliphatic heterocycles. The van der Waals surface area contributed by atoms with E-state index >= 15 is 0 Å². The zero-order valence-electron chi connectivity index (χ0n) is 12.7. The lowest BCUT2D eigenvalue weighted by Crippen LogP contribution is -2.10. The van der Waals surface area contributed by atoms with Crippen LogP contribution in [0.3, 0.4) is 0 Å². The van der Waals surface area contributed by atoms with Gasteiger partial charge in [0.2, 0.25) is 5.91 Å². The average Bonchev–Trinajstić information content (AvgIpc) is 3.02. The molecule has 1 aliphatic rings. The van der Waals surface area contributed by atoms with Crippen LogP contribution >= 0.6 is 0 Å². The number of nitrogens with zero attached hydrogens (tertiary/aromatic N) is 2. The second-order valence-corrected chi connectivity index (χ2v) is 5.74. The quantitative estimate of drug-likeness (QED) is 0.858. The Balaban J connectivity index is 1.73. The number of amides is 1. The van der Waals surface area contributed by atoms with E-state index in [1.54, 1.807) is 17.7 Å². The Bertz CT molecular complexity index is 683. The Morgan fingerprint density at radius 1 is 1.23 bits per heavy atom. The molecule has 3 rings (SSSR count). The maximum absolute atomic E-state index is 11.1. The van der Waals surface area contributed by atoms with Crippen LogP contribution in [0.4, 0.5) is 0 Å². The summed E-state index contributed by atoms with van der Waals surface area (Å²) in [5, 5.41) is 0. The molecule has 0 saturated heterocycles. The second kappa shape index (κ2) is 6.60. The monoisotopic (exact) mass is 295 g/mol. The van der Waals surface area contributed by atoms with Gasteiger partial charge in [0, 0.05) is 30.1 Å². The van der Waals surface area contributed by atoms with Gasteiger partial charge in [-0.25, -0.2) is 4.98 Å². The van der Waals surface area contributed by atoms with E-state index in [1.807, 2.05) is 24.5 Å². The normalized spacial score (nSPS) is 14.6. The zero-order valence-corrected chi connectivity index (χ0v) is 12.7. The van der Waals surface area contributed by atoms with Gasteiger partial charge in [-0.05, 0) is 44.2 Å². The van der Waals surface area contributed by atoms with E-state index in [9.17, 15) is 4.79 Å². The fourth-order valence-electron chi connectivity index (χ4n) is 2.93. The van der Waals surface area contributed by atoms with Crippen LogP contribution in [-0.4, -0.2) is 15.5 Å². The second-order valence-electron chi connectivity index (χ2n) is 5.74. The first kappa shape index (κ1) is 14.6. The summed E-state index contributed by atoms with van der Waals surface area (Å²) in [6, 6.07) is 7.30. The predicted octanol–water partition coefficient (Wildman–Crippen LogP) is 3.54. The summed E-state index contributed by atoms with van der Waals surface area (Å²) in [7, 11) is 0. The Hall–Kier alpha value is -2.36. The summed E-state index contributed by atoms with van der Waals surface area (Å²) in [6.07, 6.45) is 12.4. The van der Waals surface area contributed by atoms with Gasteiger partial charge in [0.1, 0.15) is 5.82 Å². The molecule has 0 unspecified atom stereocenters. The lowest BCUT2D eigenvalue weighted by molar-refractivity contribution is 0.100. The molecular weight excluding hydrogens is 274 g/mol. The number of primary amides is 1. The summed E-state index contributed by atoms with van der Waals surface area (Å²) in [5.74, 6) is 0.534. The Labute approximate surface area is 130 Å². The van der Waals surface area contributed by atoms with Crippen LogP contribution in [0.5, 0.6) is 0 Å². The molecule has 0 fully saturated rings. The van der Waals surface area contributed by atoms with Crippen LogP contribution in [0.15, 0.2) is 48.3 Å². The zero-order chi connectivity index (χ0) is 15.4. The SMILES string of the molecule is NC(=O)c1ccc(-c2nccn2CCC2=CCCCC2)cc1. The summed E-state index contributed by atoms with van der Waals surface area (Å²) in [6.45, 7) is 0.943. The molecule has 0 radical (unpaired) electrons. The highest BCUT2D eigenvalue weighted by Crippen LogP contribution is 2.23. The Morgan fingerprint density at radius 2 is 2.05 bits per heavy atom. The van der Waals surface area contributed by atoms with Crippen LogP contribution in [-0.2, 0) is 6.54 Å². The maximum atomic E-state index is 11.1. The molecule has 1 amide bonds. The molecule has 114 valence electrons. The molecule has 0 bridgehead atoms. The molecule has 4 heteroatoms. The van der Waals surface area contributed by atoms with E-state index in [4.69, 9.17) is 5.73 Å². The first-order chi connectivity index (χ1) is 10.7. The number of aryl methyl sites for hydroxylation is 1. The molecular formula is C18H21N3O. The van der Waals surface area contributed by atoms with Crippen molar-refractivity contribution in [2.45, 2.75) is 38.6 Å². The van der Waals surface area contributed by atoms with Gasteiger partial charge in [-0.3, -0.25) is 4.79 Å². The third-order valence-corrected chi connectivity index (χ3v) is 4.20. The van der Waals surface area contributed by atoms with Crippen LogP contribution < -0.4 is 5.73 Å². The number of benzene rings is 1. The molecule has 2 N–H and O–H groups in total. The number of rotatable bonds is 5. The van der Waals surface area contributed by atoms with Crippen molar-refractivity contribution in [3.05, 3.63) is 53.9 Å². The van der Waals surface area contributed by atoms with E-state index in [0.29, 0.717) is 5.56 Å². The highest BCUT2D eigenvalue weighted by atomic mass is 16.1. The first-order valence-corrected chi connectivity index (χ1v) is 7.83. The molecule has 0 atom stereocenters. The Kier molecular flexibility index (Phi) is 4.37. The van der Waals surface area contributed by atoms with E-state index < -0.39 is 5.91 Å². The van der Waals surface area contributed by atoms with Crippen molar-refractivity contribution >= 4 is 5.91 Å². The predicted molar refractivity (Wildman–Crippen MR) is 87.3 cm³/mol. The largest absolute Gasteiger partial charge is 0.366 e. The number of allylic oxidation sites excluding steroid dienone is 2. The first-order valence-electron chi connectivity index (χ1n) is 7.83. The Morgan fingerprint density at radius 3 is 2.73 bits per heavy atom. The number of carbonyl (C=O) groups excluding carboxylic acids is 1. The van der Waals surface area contributed by atoms with Gasteiger partial charge in [-0.15, -0.1) is 0 Å². The number of hydrogen-bond acceptors (Lipinski definition) is 2. The van der Waals surface area contributed by atoms with Crippen molar-refractivity contribution in [1.29, 1.82) is 0 Å². The lowest BCUT2D eigenvalue weighted by Gasteiger charge is -2.14. The number of aromatic nitrogens is 2. The van der Waals surface area contributed by atoms with Gasteiger partial charge >= 0.3 is 0 Å². The fraction of sp³-hybridized carbons (Fsp3) is 0.333. The third kappa shape index (κ3) is 3.27. The molecule has 2 aromatic rings. The van der Waals surface area contributed by atoms with Gasteiger partial charge in [-0.2, -0.15) is 0 Å². The highest BCUT2D eigenvalue weighted by molar-refractivity contribution is 5.93. The minimum atomic E-state index is -0.404. The number of hydrogen-bond donors (Lipinski definition) is 1. The van der Waals surface area contributed by atoms with Crippen molar-refractivity contribution in [2.24, 2.45) is 5.73 Å². The van der Waals surface area contributed by atoms with Crippen molar-refractivity contribution in [3.8, 4) is 11.4 Å². The molecule has 1 aromatic heterocycles. The molecule has 0 saturated carbocycles.